The van der Waals surface area contributed by atoms with Gasteiger partial charge in [-0.1, -0.05) is 25.7 Å². The zero-order valence-corrected chi connectivity index (χ0v) is 23.7. The normalized spacial score (nSPS) is 37.5. The maximum atomic E-state index is 13.2. The topological polar surface area (TPSA) is 148 Å². The number of carbonyl (C=O) groups is 2. The minimum Gasteiger partial charge on any atom is -0.465 e. The first kappa shape index (κ1) is 29.2. The number of rotatable bonds is 8. The fourth-order valence-corrected chi connectivity index (χ4v) is 6.40. The Kier molecular flexibility index (Phi) is 8.13. The quantitative estimate of drug-likeness (QED) is 0.259. The molecule has 1 aromatic carbocycles. The van der Waals surface area contributed by atoms with Gasteiger partial charge in [0.2, 0.25) is 6.79 Å². The maximum absolute atomic E-state index is 13.2. The second kappa shape index (κ2) is 11.7. The Balaban J connectivity index is 1.35. The molecule has 12 nitrogen and oxygen atoms in total. The summed E-state index contributed by atoms with van der Waals surface area (Å²) in [5.41, 5.74) is 1.83. The van der Waals surface area contributed by atoms with Crippen molar-refractivity contribution in [2.75, 3.05) is 27.1 Å². The van der Waals surface area contributed by atoms with Gasteiger partial charge in [0, 0.05) is 18.9 Å². The van der Waals surface area contributed by atoms with E-state index in [4.69, 9.17) is 37.9 Å². The molecule has 0 radical (unpaired) electrons. The minimum absolute atomic E-state index is 0.0384. The second-order valence-electron chi connectivity index (χ2n) is 11.1. The highest BCUT2D eigenvalue weighted by Gasteiger charge is 2.55. The van der Waals surface area contributed by atoms with Crippen LogP contribution >= 0.6 is 0 Å². The van der Waals surface area contributed by atoms with Crippen molar-refractivity contribution in [3.8, 4) is 11.5 Å². The van der Waals surface area contributed by atoms with Crippen LogP contribution in [0.4, 0.5) is 0 Å². The largest absolute Gasteiger partial charge is 0.465 e. The van der Waals surface area contributed by atoms with Crippen LogP contribution in [0.25, 0.3) is 0 Å². The van der Waals surface area contributed by atoms with Crippen LogP contribution in [-0.2, 0) is 38.0 Å². The van der Waals surface area contributed by atoms with Crippen molar-refractivity contribution in [3.05, 3.63) is 47.6 Å². The molecule has 0 saturated carbocycles. The Bertz CT molecular complexity index is 1260. The second-order valence-corrected chi connectivity index (χ2v) is 11.1. The average Bonchev–Trinajstić information content (AvgIpc) is 3.61. The summed E-state index contributed by atoms with van der Waals surface area (Å²) >= 11 is 0. The molecule has 0 spiro atoms. The molecule has 4 aliphatic heterocycles. The molecular formula is C30H36O12. The molecule has 3 saturated heterocycles. The predicted octanol–water partition coefficient (Wildman–Crippen LogP) is 1.67. The molecule has 3 fully saturated rings. The standard InChI is InChI=1S/C30H36O12/c1-5-13(2)24(31)19(35-4)7-6-15-16-8-20-21(39-12-38-20)9-17(16)27(18-10-37-29(34)23(15)18)42-30-26(33)25(32)28-22(41-30)11-36-14(3)40-28/h6-9,14-15,18-19,22-23,25-28,30,32-33H,2,5,10-12H2,1,3-4H3/b7-6+/t14-,15-,18+,19?,22-,23-,25-,26-,27-,28-,30+/m1/s1. The zero-order valence-electron chi connectivity index (χ0n) is 23.7. The zero-order chi connectivity index (χ0) is 29.7. The van der Waals surface area contributed by atoms with E-state index in [1.165, 1.54) is 7.11 Å². The van der Waals surface area contributed by atoms with E-state index in [0.717, 1.165) is 0 Å². The molecule has 2 N–H and O–H groups in total. The molecule has 5 aliphatic rings. The van der Waals surface area contributed by atoms with Crippen LogP contribution in [0.2, 0.25) is 0 Å². The highest BCUT2D eigenvalue weighted by Crippen LogP contribution is 2.54. The third kappa shape index (κ3) is 5.04. The van der Waals surface area contributed by atoms with Crippen LogP contribution in [0.1, 0.15) is 43.4 Å². The van der Waals surface area contributed by atoms with Gasteiger partial charge in [0.05, 0.1) is 25.2 Å². The number of cyclic esters (lactones) is 1. The summed E-state index contributed by atoms with van der Waals surface area (Å²) < 4.78 is 46.0. The molecular weight excluding hydrogens is 552 g/mol. The number of hydrogen-bond acceptors (Lipinski definition) is 12. The van der Waals surface area contributed by atoms with Gasteiger partial charge >= 0.3 is 5.97 Å². The summed E-state index contributed by atoms with van der Waals surface area (Å²) in [6, 6.07) is 3.59. The maximum Gasteiger partial charge on any atom is 0.310 e. The lowest BCUT2D eigenvalue weighted by molar-refractivity contribution is -0.364. The molecule has 0 aromatic heterocycles. The number of aliphatic hydroxyl groups excluding tert-OH is 2. The molecule has 0 amide bonds. The molecule has 4 heterocycles. The van der Waals surface area contributed by atoms with Crippen LogP contribution < -0.4 is 9.47 Å². The fraction of sp³-hybridized carbons (Fsp3) is 0.600. The molecule has 6 rings (SSSR count). The van der Waals surface area contributed by atoms with Gasteiger partial charge in [0.25, 0.3) is 0 Å². The number of esters is 1. The van der Waals surface area contributed by atoms with Crippen LogP contribution in [0.5, 0.6) is 11.5 Å². The number of Topliss-reactive ketones (excluding diaryl/α,β-unsaturated/α-hetero) is 1. The molecule has 1 unspecified atom stereocenters. The Hall–Kier alpha value is -2.84. The van der Waals surface area contributed by atoms with Gasteiger partial charge in [-0.2, -0.15) is 0 Å². The highest BCUT2D eigenvalue weighted by molar-refractivity contribution is 5.99. The Morgan fingerprint density at radius 1 is 1.12 bits per heavy atom. The van der Waals surface area contributed by atoms with Gasteiger partial charge in [-0.25, -0.2) is 0 Å². The lowest BCUT2D eigenvalue weighted by atomic mass is 9.68. The minimum atomic E-state index is -1.43. The summed E-state index contributed by atoms with van der Waals surface area (Å²) in [5.74, 6) is -1.32. The van der Waals surface area contributed by atoms with E-state index < -0.39 is 72.9 Å². The number of benzene rings is 1. The van der Waals surface area contributed by atoms with E-state index in [1.54, 1.807) is 31.2 Å². The van der Waals surface area contributed by atoms with Crippen molar-refractivity contribution < 1.29 is 57.7 Å². The fourth-order valence-electron chi connectivity index (χ4n) is 6.40. The number of aliphatic hydroxyl groups is 2. The van der Waals surface area contributed by atoms with E-state index in [9.17, 15) is 19.8 Å². The van der Waals surface area contributed by atoms with Gasteiger partial charge < -0.3 is 48.1 Å². The first-order chi connectivity index (χ1) is 20.2. The van der Waals surface area contributed by atoms with Crippen molar-refractivity contribution in [2.24, 2.45) is 11.8 Å². The van der Waals surface area contributed by atoms with Crippen LogP contribution in [0.3, 0.4) is 0 Å². The summed E-state index contributed by atoms with van der Waals surface area (Å²) in [5, 5.41) is 21.9. The van der Waals surface area contributed by atoms with E-state index in [2.05, 4.69) is 6.58 Å². The average molecular weight is 589 g/mol. The van der Waals surface area contributed by atoms with E-state index in [-0.39, 0.29) is 25.8 Å². The van der Waals surface area contributed by atoms with Crippen molar-refractivity contribution in [1.29, 1.82) is 0 Å². The molecule has 42 heavy (non-hydrogen) atoms. The third-order valence-electron chi connectivity index (χ3n) is 8.72. The summed E-state index contributed by atoms with van der Waals surface area (Å²) in [7, 11) is 1.44. The van der Waals surface area contributed by atoms with Crippen molar-refractivity contribution in [1.82, 2.24) is 0 Å². The first-order valence-corrected chi connectivity index (χ1v) is 14.2. The Morgan fingerprint density at radius 2 is 1.86 bits per heavy atom. The molecule has 1 aromatic rings. The number of ketones is 1. The van der Waals surface area contributed by atoms with E-state index in [0.29, 0.717) is 34.6 Å². The number of carbonyl (C=O) groups excluding carboxylic acids is 2. The van der Waals surface area contributed by atoms with Crippen molar-refractivity contribution in [2.45, 2.75) is 75.4 Å². The lowest BCUT2D eigenvalue weighted by Crippen LogP contribution is -2.63. The van der Waals surface area contributed by atoms with E-state index in [1.807, 2.05) is 6.92 Å². The van der Waals surface area contributed by atoms with Crippen LogP contribution in [0.15, 0.2) is 36.4 Å². The first-order valence-electron chi connectivity index (χ1n) is 14.2. The van der Waals surface area contributed by atoms with Gasteiger partial charge in [-0.05, 0) is 42.2 Å². The van der Waals surface area contributed by atoms with Crippen molar-refractivity contribution in [3.63, 3.8) is 0 Å². The number of allylic oxidation sites excluding steroid dienone is 1. The summed E-state index contributed by atoms with van der Waals surface area (Å²) in [6.45, 7) is 7.63. The smallest absolute Gasteiger partial charge is 0.310 e. The Labute approximate surface area is 243 Å². The third-order valence-corrected chi connectivity index (χ3v) is 8.72. The number of ether oxygens (including phenoxy) is 8. The van der Waals surface area contributed by atoms with Gasteiger partial charge in [-0.15, -0.1) is 0 Å². The monoisotopic (exact) mass is 588 g/mol. The molecule has 228 valence electrons. The van der Waals surface area contributed by atoms with Gasteiger partial charge in [0.1, 0.15) is 30.5 Å². The predicted molar refractivity (Wildman–Crippen MR) is 142 cm³/mol. The van der Waals surface area contributed by atoms with Crippen LogP contribution in [-0.4, -0.2) is 92.2 Å². The molecule has 12 heteroatoms. The summed E-state index contributed by atoms with van der Waals surface area (Å²) in [6.07, 6.45) is -3.69. The Morgan fingerprint density at radius 3 is 2.57 bits per heavy atom. The van der Waals surface area contributed by atoms with Gasteiger partial charge in [0.15, 0.2) is 29.9 Å². The summed E-state index contributed by atoms with van der Waals surface area (Å²) in [4.78, 5) is 26.0. The molecule has 0 bridgehead atoms. The number of fused-ring (bicyclic) bond motifs is 4. The molecule has 1 aliphatic carbocycles. The number of methoxy groups -OCH3 is 1. The number of hydrogen-bond donors (Lipinski definition) is 2. The highest BCUT2D eigenvalue weighted by atomic mass is 16.8. The SMILES string of the molecule is C=C(CC)C(=O)C(/C=C/[C@@H]1c2cc3c(cc2[C@@H](O[C@@H]2O[C@@H]4CO[C@@H](C)O[C@H]4[C@H](O)[C@H]2O)[C@H]2COC(=O)[C@@H]21)OCO3)OC. The van der Waals surface area contributed by atoms with Crippen LogP contribution in [0, 0.1) is 11.8 Å². The van der Waals surface area contributed by atoms with Crippen molar-refractivity contribution >= 4 is 11.8 Å². The molecule has 11 atom stereocenters. The lowest BCUT2D eigenvalue weighted by Gasteiger charge is -2.47. The van der Waals surface area contributed by atoms with Gasteiger partial charge in [-0.3, -0.25) is 9.59 Å². The van der Waals surface area contributed by atoms with E-state index >= 15 is 0 Å².